The lowest BCUT2D eigenvalue weighted by atomic mass is 10.0. The first-order valence-electron chi connectivity index (χ1n) is 7.38. The Kier molecular flexibility index (Phi) is 2.61. The van der Waals surface area contributed by atoms with Gasteiger partial charge in [-0.25, -0.2) is 0 Å². The van der Waals surface area contributed by atoms with Crippen molar-refractivity contribution in [2.75, 3.05) is 26.2 Å². The van der Waals surface area contributed by atoms with Gasteiger partial charge in [0, 0.05) is 32.2 Å². The zero-order valence-corrected chi connectivity index (χ0v) is 11.9. The van der Waals surface area contributed by atoms with Gasteiger partial charge in [0.1, 0.15) is 0 Å². The van der Waals surface area contributed by atoms with Crippen molar-refractivity contribution in [3.63, 3.8) is 0 Å². The van der Waals surface area contributed by atoms with Gasteiger partial charge in [-0.2, -0.15) is 0 Å². The summed E-state index contributed by atoms with van der Waals surface area (Å²) in [7, 11) is 0. The zero-order chi connectivity index (χ0) is 12.3. The minimum Gasteiger partial charge on any atom is -0.311 e. The fourth-order valence-corrected chi connectivity index (χ4v) is 3.87. The van der Waals surface area contributed by atoms with Crippen LogP contribution in [0.5, 0.6) is 0 Å². The van der Waals surface area contributed by atoms with Crippen molar-refractivity contribution < 1.29 is 0 Å². The van der Waals surface area contributed by atoms with Crippen molar-refractivity contribution in [2.24, 2.45) is 22.7 Å². The number of rotatable bonds is 3. The third kappa shape index (κ3) is 1.94. The Morgan fingerprint density at radius 2 is 1.76 bits per heavy atom. The van der Waals surface area contributed by atoms with Crippen LogP contribution in [-0.4, -0.2) is 37.1 Å². The fourth-order valence-electron chi connectivity index (χ4n) is 3.87. The van der Waals surface area contributed by atoms with E-state index in [4.69, 9.17) is 0 Å². The molecule has 3 aliphatic rings. The van der Waals surface area contributed by atoms with Gasteiger partial charge in [0.05, 0.1) is 0 Å². The van der Waals surface area contributed by atoms with Crippen molar-refractivity contribution in [3.05, 3.63) is 0 Å². The SMILES string of the molecule is CC1(C)C(CN2CCNC(C3CC3)C2)C1(C)C. The van der Waals surface area contributed by atoms with Crippen molar-refractivity contribution in [2.45, 2.75) is 46.6 Å². The van der Waals surface area contributed by atoms with Crippen LogP contribution in [0, 0.1) is 22.7 Å². The van der Waals surface area contributed by atoms with Gasteiger partial charge in [-0.3, -0.25) is 0 Å². The molecule has 3 fully saturated rings. The molecule has 2 heteroatoms. The van der Waals surface area contributed by atoms with E-state index < -0.39 is 0 Å². The summed E-state index contributed by atoms with van der Waals surface area (Å²) in [5, 5.41) is 3.70. The van der Waals surface area contributed by atoms with E-state index in [9.17, 15) is 0 Å². The molecule has 2 nitrogen and oxygen atoms in total. The van der Waals surface area contributed by atoms with Crippen molar-refractivity contribution in [1.29, 1.82) is 0 Å². The smallest absolute Gasteiger partial charge is 0.0223 e. The van der Waals surface area contributed by atoms with Crippen molar-refractivity contribution in [1.82, 2.24) is 10.2 Å². The predicted molar refractivity (Wildman–Crippen MR) is 72.0 cm³/mol. The molecule has 0 aromatic heterocycles. The second kappa shape index (κ2) is 3.71. The van der Waals surface area contributed by atoms with Crippen LogP contribution in [0.25, 0.3) is 0 Å². The van der Waals surface area contributed by atoms with E-state index in [2.05, 4.69) is 37.9 Å². The first-order chi connectivity index (χ1) is 7.93. The summed E-state index contributed by atoms with van der Waals surface area (Å²) in [5.74, 6) is 1.89. The summed E-state index contributed by atoms with van der Waals surface area (Å²) in [5.41, 5.74) is 1.10. The normalized spacial score (nSPS) is 37.1. The molecule has 1 unspecified atom stereocenters. The molecule has 0 aromatic carbocycles. The molecule has 98 valence electrons. The third-order valence-electron chi connectivity index (χ3n) is 6.24. The third-order valence-corrected chi connectivity index (χ3v) is 6.24. The minimum absolute atomic E-state index is 0.549. The highest BCUT2D eigenvalue weighted by molar-refractivity contribution is 5.13. The van der Waals surface area contributed by atoms with Gasteiger partial charge >= 0.3 is 0 Å². The van der Waals surface area contributed by atoms with Crippen LogP contribution < -0.4 is 5.32 Å². The molecule has 0 radical (unpaired) electrons. The molecule has 1 saturated heterocycles. The zero-order valence-electron chi connectivity index (χ0n) is 11.9. The molecule has 17 heavy (non-hydrogen) atoms. The Hall–Kier alpha value is -0.0800. The number of nitrogens with zero attached hydrogens (tertiary/aromatic N) is 1. The first kappa shape index (κ1) is 12.0. The van der Waals surface area contributed by atoms with Gasteiger partial charge in [-0.1, -0.05) is 27.7 Å². The van der Waals surface area contributed by atoms with Gasteiger partial charge in [0.15, 0.2) is 0 Å². The number of hydrogen-bond donors (Lipinski definition) is 1. The van der Waals surface area contributed by atoms with Gasteiger partial charge in [0.2, 0.25) is 0 Å². The molecule has 1 atom stereocenters. The van der Waals surface area contributed by atoms with E-state index in [0.717, 1.165) is 17.9 Å². The summed E-state index contributed by atoms with van der Waals surface area (Å²) in [6, 6.07) is 0.800. The van der Waals surface area contributed by atoms with Crippen LogP contribution in [0.15, 0.2) is 0 Å². The van der Waals surface area contributed by atoms with E-state index >= 15 is 0 Å². The van der Waals surface area contributed by atoms with Crippen molar-refractivity contribution >= 4 is 0 Å². The van der Waals surface area contributed by atoms with Crippen LogP contribution in [0.1, 0.15) is 40.5 Å². The van der Waals surface area contributed by atoms with Gasteiger partial charge < -0.3 is 10.2 Å². The lowest BCUT2D eigenvalue weighted by Gasteiger charge is -2.34. The van der Waals surface area contributed by atoms with Gasteiger partial charge in [0.25, 0.3) is 0 Å². The average molecular weight is 236 g/mol. The molecule has 2 saturated carbocycles. The standard InChI is InChI=1S/C15H28N2/c1-14(2)13(15(14,3)4)10-17-8-7-16-12(9-17)11-5-6-11/h11-13,16H,5-10H2,1-4H3. The highest BCUT2D eigenvalue weighted by Crippen LogP contribution is 2.68. The van der Waals surface area contributed by atoms with Gasteiger partial charge in [-0.05, 0) is 35.5 Å². The summed E-state index contributed by atoms with van der Waals surface area (Å²) in [4.78, 5) is 2.72. The number of hydrogen-bond acceptors (Lipinski definition) is 2. The lowest BCUT2D eigenvalue weighted by Crippen LogP contribution is -2.52. The predicted octanol–water partition coefficient (Wildman–Crippen LogP) is 2.35. The Morgan fingerprint density at radius 1 is 1.12 bits per heavy atom. The number of nitrogens with one attached hydrogen (secondary N) is 1. The summed E-state index contributed by atoms with van der Waals surface area (Å²) in [6.07, 6.45) is 2.93. The van der Waals surface area contributed by atoms with Crippen molar-refractivity contribution in [3.8, 4) is 0 Å². The molecule has 0 amide bonds. The highest BCUT2D eigenvalue weighted by atomic mass is 15.2. The molecule has 1 heterocycles. The molecule has 1 N–H and O–H groups in total. The minimum atomic E-state index is 0.549. The maximum atomic E-state index is 3.70. The second-order valence-electron chi connectivity index (χ2n) is 7.65. The van der Waals surface area contributed by atoms with Gasteiger partial charge in [-0.15, -0.1) is 0 Å². The molecule has 0 spiro atoms. The quantitative estimate of drug-likeness (QED) is 0.809. The molecular formula is C15H28N2. The number of piperazine rings is 1. The Morgan fingerprint density at radius 3 is 2.29 bits per heavy atom. The van der Waals surface area contributed by atoms with Crippen LogP contribution >= 0.6 is 0 Å². The Balaban J connectivity index is 1.55. The van der Waals surface area contributed by atoms with E-state index in [-0.39, 0.29) is 0 Å². The fraction of sp³-hybridized carbons (Fsp3) is 1.00. The second-order valence-corrected chi connectivity index (χ2v) is 7.65. The summed E-state index contributed by atoms with van der Waals surface area (Å²) in [6.45, 7) is 14.9. The van der Waals surface area contributed by atoms with E-state index in [1.165, 1.54) is 39.0 Å². The lowest BCUT2D eigenvalue weighted by molar-refractivity contribution is 0.173. The highest BCUT2D eigenvalue weighted by Gasteiger charge is 2.64. The van der Waals surface area contributed by atoms with E-state index in [1.807, 2.05) is 0 Å². The summed E-state index contributed by atoms with van der Waals surface area (Å²) >= 11 is 0. The van der Waals surface area contributed by atoms with Crippen LogP contribution in [0.3, 0.4) is 0 Å². The monoisotopic (exact) mass is 236 g/mol. The van der Waals surface area contributed by atoms with Crippen LogP contribution in [-0.2, 0) is 0 Å². The largest absolute Gasteiger partial charge is 0.311 e. The molecule has 3 rings (SSSR count). The molecule has 1 aliphatic heterocycles. The average Bonchev–Trinajstić information content (AvgIpc) is 3.15. The molecule has 0 aromatic rings. The Bertz CT molecular complexity index is 290. The van der Waals surface area contributed by atoms with Crippen LogP contribution in [0.4, 0.5) is 0 Å². The summed E-state index contributed by atoms with van der Waals surface area (Å²) < 4.78 is 0. The first-order valence-corrected chi connectivity index (χ1v) is 7.38. The molecule has 0 bridgehead atoms. The topological polar surface area (TPSA) is 15.3 Å². The van der Waals surface area contributed by atoms with E-state index in [0.29, 0.717) is 10.8 Å². The van der Waals surface area contributed by atoms with E-state index in [1.54, 1.807) is 0 Å². The maximum absolute atomic E-state index is 3.70. The van der Waals surface area contributed by atoms with Crippen LogP contribution in [0.2, 0.25) is 0 Å². The molecular weight excluding hydrogens is 208 g/mol. The Labute approximate surface area is 106 Å². The molecule has 2 aliphatic carbocycles. The maximum Gasteiger partial charge on any atom is 0.0223 e.